The summed E-state index contributed by atoms with van der Waals surface area (Å²) in [6.07, 6.45) is 3.88. The quantitative estimate of drug-likeness (QED) is 0.465. The van der Waals surface area contributed by atoms with E-state index in [1.165, 1.54) is 19.3 Å². The second kappa shape index (κ2) is 10.0. The summed E-state index contributed by atoms with van der Waals surface area (Å²) >= 11 is 8.30. The topological polar surface area (TPSA) is 59.5 Å². The lowest BCUT2D eigenvalue weighted by atomic mass is 10.1. The summed E-state index contributed by atoms with van der Waals surface area (Å²) in [6.45, 7) is 8.00. The second-order valence-corrected chi connectivity index (χ2v) is 9.31. The molecule has 0 spiro atoms. The number of benzene rings is 1. The van der Waals surface area contributed by atoms with Gasteiger partial charge in [0.25, 0.3) is 0 Å². The van der Waals surface area contributed by atoms with Crippen LogP contribution in [-0.2, 0) is 0 Å². The fourth-order valence-electron chi connectivity index (χ4n) is 3.79. The van der Waals surface area contributed by atoms with Crippen molar-refractivity contribution in [3.8, 4) is 22.9 Å². The molecule has 0 amide bonds. The van der Waals surface area contributed by atoms with Crippen molar-refractivity contribution in [2.75, 3.05) is 38.7 Å². The van der Waals surface area contributed by atoms with Gasteiger partial charge in [-0.3, -0.25) is 4.90 Å². The number of nitrogens with zero attached hydrogens (tertiary/aromatic N) is 3. The Morgan fingerprint density at radius 1 is 1.13 bits per heavy atom. The number of hydrogen-bond acceptors (Lipinski definition) is 7. The van der Waals surface area contributed by atoms with Crippen LogP contribution in [0, 0.1) is 0 Å². The molecule has 0 unspecified atom stereocenters. The molecule has 1 N–H and O–H groups in total. The molecule has 1 aliphatic heterocycles. The molecule has 3 heterocycles. The van der Waals surface area contributed by atoms with Gasteiger partial charge in [0.2, 0.25) is 0 Å². The molecule has 2 aromatic heterocycles. The standard InChI is InChI=1S/C23H29ClN4O2S/c1-15(2)25-23-27-18(14-31-23)17-13-20(29-3)16-7-8-19(21(24)22(16)26-17)30-12-11-28-9-5-4-6-10-28/h7-8,13-15H,4-6,9-12H2,1-3H3,(H,25,27). The van der Waals surface area contributed by atoms with E-state index < -0.39 is 0 Å². The van der Waals surface area contributed by atoms with Crippen LogP contribution in [0.5, 0.6) is 11.5 Å². The molecule has 1 fully saturated rings. The van der Waals surface area contributed by atoms with E-state index in [2.05, 4.69) is 29.0 Å². The number of methoxy groups -OCH3 is 1. The van der Waals surface area contributed by atoms with Crippen LogP contribution >= 0.6 is 22.9 Å². The van der Waals surface area contributed by atoms with Crippen molar-refractivity contribution < 1.29 is 9.47 Å². The third-order valence-electron chi connectivity index (χ3n) is 5.36. The molecule has 8 heteroatoms. The predicted octanol–water partition coefficient (Wildman–Crippen LogP) is 5.71. The molecule has 0 aliphatic carbocycles. The van der Waals surface area contributed by atoms with Crippen molar-refractivity contribution in [1.29, 1.82) is 0 Å². The maximum Gasteiger partial charge on any atom is 0.183 e. The van der Waals surface area contributed by atoms with Gasteiger partial charge in [-0.2, -0.15) is 0 Å². The fourth-order valence-corrected chi connectivity index (χ4v) is 4.91. The molecule has 3 aromatic rings. The molecule has 0 atom stereocenters. The number of hydrogen-bond donors (Lipinski definition) is 1. The third kappa shape index (κ3) is 5.22. The van der Waals surface area contributed by atoms with Crippen molar-refractivity contribution >= 4 is 39.0 Å². The van der Waals surface area contributed by atoms with Crippen LogP contribution in [0.25, 0.3) is 22.3 Å². The van der Waals surface area contributed by atoms with Crippen molar-refractivity contribution in [1.82, 2.24) is 14.9 Å². The van der Waals surface area contributed by atoms with Crippen LogP contribution in [0.1, 0.15) is 33.1 Å². The highest BCUT2D eigenvalue weighted by Gasteiger charge is 2.17. The Labute approximate surface area is 192 Å². The zero-order valence-electron chi connectivity index (χ0n) is 18.3. The molecule has 0 saturated carbocycles. The van der Waals surface area contributed by atoms with E-state index in [4.69, 9.17) is 26.1 Å². The van der Waals surface area contributed by atoms with Gasteiger partial charge in [0.05, 0.1) is 18.3 Å². The Morgan fingerprint density at radius 3 is 2.68 bits per heavy atom. The van der Waals surface area contributed by atoms with Gasteiger partial charge in [0.15, 0.2) is 5.13 Å². The number of piperidine rings is 1. The van der Waals surface area contributed by atoms with Gasteiger partial charge in [0.1, 0.15) is 28.8 Å². The summed E-state index contributed by atoms with van der Waals surface area (Å²) in [4.78, 5) is 11.9. The van der Waals surface area contributed by atoms with Gasteiger partial charge >= 0.3 is 0 Å². The number of likely N-dealkylation sites (tertiary alicyclic amines) is 1. The van der Waals surface area contributed by atoms with Crippen LogP contribution in [-0.4, -0.2) is 54.3 Å². The Hall–Kier alpha value is -2.09. The van der Waals surface area contributed by atoms with Crippen molar-refractivity contribution in [3.63, 3.8) is 0 Å². The summed E-state index contributed by atoms with van der Waals surface area (Å²) in [6, 6.07) is 6.08. The fraction of sp³-hybridized carbons (Fsp3) is 0.478. The van der Waals surface area contributed by atoms with Gasteiger partial charge < -0.3 is 14.8 Å². The number of anilines is 1. The SMILES string of the molecule is COc1cc(-c2csc(NC(C)C)n2)nc2c(Cl)c(OCCN3CCCCC3)ccc12. The molecule has 166 valence electrons. The minimum absolute atomic E-state index is 0.317. The monoisotopic (exact) mass is 460 g/mol. The zero-order valence-corrected chi connectivity index (χ0v) is 19.9. The minimum Gasteiger partial charge on any atom is -0.496 e. The molecule has 4 rings (SSSR count). The molecular weight excluding hydrogens is 432 g/mol. The number of halogens is 1. The Kier molecular flexibility index (Phi) is 7.15. The maximum absolute atomic E-state index is 6.74. The molecule has 1 aromatic carbocycles. The molecule has 1 aliphatic rings. The highest BCUT2D eigenvalue weighted by Crippen LogP contribution is 2.38. The van der Waals surface area contributed by atoms with Gasteiger partial charge in [-0.15, -0.1) is 11.3 Å². The Balaban J connectivity index is 1.59. The van der Waals surface area contributed by atoms with Crippen LogP contribution in [0.3, 0.4) is 0 Å². The first kappa shape index (κ1) is 22.1. The molecule has 0 bridgehead atoms. The van der Waals surface area contributed by atoms with E-state index in [-0.39, 0.29) is 0 Å². The normalized spacial score (nSPS) is 14.9. The largest absolute Gasteiger partial charge is 0.496 e. The van der Waals surface area contributed by atoms with Gasteiger partial charge in [-0.05, 0) is 51.9 Å². The Morgan fingerprint density at radius 2 is 1.94 bits per heavy atom. The van der Waals surface area contributed by atoms with E-state index >= 15 is 0 Å². The van der Waals surface area contributed by atoms with Crippen LogP contribution in [0.15, 0.2) is 23.6 Å². The predicted molar refractivity (Wildman–Crippen MR) is 129 cm³/mol. The third-order valence-corrected chi connectivity index (χ3v) is 6.50. The molecule has 1 saturated heterocycles. The van der Waals surface area contributed by atoms with Gasteiger partial charge in [0, 0.05) is 29.4 Å². The summed E-state index contributed by atoms with van der Waals surface area (Å²) in [5, 5.41) is 7.55. The number of thiazole rings is 1. The van der Waals surface area contributed by atoms with E-state index in [1.54, 1.807) is 18.4 Å². The van der Waals surface area contributed by atoms with E-state index in [1.807, 2.05) is 23.6 Å². The summed E-state index contributed by atoms with van der Waals surface area (Å²) in [5.74, 6) is 1.37. The first-order chi connectivity index (χ1) is 15.0. The zero-order chi connectivity index (χ0) is 21.8. The Bertz CT molecular complexity index is 1030. The number of fused-ring (bicyclic) bond motifs is 1. The summed E-state index contributed by atoms with van der Waals surface area (Å²) in [5.41, 5.74) is 2.18. The molecule has 0 radical (unpaired) electrons. The van der Waals surface area contributed by atoms with Crippen LogP contribution in [0.4, 0.5) is 5.13 Å². The highest BCUT2D eigenvalue weighted by molar-refractivity contribution is 7.14. The molecule has 31 heavy (non-hydrogen) atoms. The van der Waals surface area contributed by atoms with Crippen molar-refractivity contribution in [3.05, 3.63) is 28.6 Å². The van der Waals surface area contributed by atoms with Gasteiger partial charge in [-0.25, -0.2) is 9.97 Å². The lowest BCUT2D eigenvalue weighted by Crippen LogP contribution is -2.33. The number of pyridine rings is 1. The van der Waals surface area contributed by atoms with Crippen LogP contribution in [0.2, 0.25) is 5.02 Å². The van der Waals surface area contributed by atoms with Gasteiger partial charge in [-0.1, -0.05) is 18.0 Å². The van der Waals surface area contributed by atoms with Crippen molar-refractivity contribution in [2.45, 2.75) is 39.2 Å². The molecule has 6 nitrogen and oxygen atoms in total. The van der Waals surface area contributed by atoms with E-state index in [0.717, 1.165) is 41.5 Å². The van der Waals surface area contributed by atoms with Crippen LogP contribution < -0.4 is 14.8 Å². The maximum atomic E-state index is 6.74. The summed E-state index contributed by atoms with van der Waals surface area (Å²) in [7, 11) is 1.66. The number of nitrogens with one attached hydrogen (secondary N) is 1. The average molecular weight is 461 g/mol. The number of aromatic nitrogens is 2. The minimum atomic E-state index is 0.317. The number of ether oxygens (including phenoxy) is 2. The number of rotatable bonds is 8. The molecular formula is C23H29ClN4O2S. The highest BCUT2D eigenvalue weighted by atomic mass is 35.5. The second-order valence-electron chi connectivity index (χ2n) is 8.07. The summed E-state index contributed by atoms with van der Waals surface area (Å²) < 4.78 is 11.7. The lowest BCUT2D eigenvalue weighted by molar-refractivity contribution is 0.183. The van der Waals surface area contributed by atoms with E-state index in [0.29, 0.717) is 34.7 Å². The van der Waals surface area contributed by atoms with Crippen molar-refractivity contribution in [2.24, 2.45) is 0 Å². The first-order valence-corrected chi connectivity index (χ1v) is 12.1. The smallest absolute Gasteiger partial charge is 0.183 e. The van der Waals surface area contributed by atoms with E-state index in [9.17, 15) is 0 Å². The lowest BCUT2D eigenvalue weighted by Gasteiger charge is -2.26. The average Bonchev–Trinajstić information content (AvgIpc) is 3.23. The first-order valence-electron chi connectivity index (χ1n) is 10.8.